The van der Waals surface area contributed by atoms with Crippen LogP contribution in [0.25, 0.3) is 0 Å². The molecule has 13 nitrogen and oxygen atoms in total. The van der Waals surface area contributed by atoms with E-state index in [9.17, 15) is 33.5 Å². The van der Waals surface area contributed by atoms with Crippen LogP contribution in [0.4, 0.5) is 9.18 Å². The summed E-state index contributed by atoms with van der Waals surface area (Å²) in [6, 6.07) is 2.43. The molecule has 0 radical (unpaired) electrons. The quantitative estimate of drug-likeness (QED) is 0.427. The predicted octanol–water partition coefficient (Wildman–Crippen LogP) is 2.32. The van der Waals surface area contributed by atoms with E-state index in [2.05, 4.69) is 20.6 Å². The first kappa shape index (κ1) is 31.1. The standard InChI is InChI=1S/C32H35FN6O7/c33-23-9-6-7-19-16-38(18-22(19)23)31(45)46-21-13-26-28(41)37-32(30(43)44)14-20(32)8-4-2-1-3-5-10-24(29(42)39(26)17-21)36-27(40)25-15-34-11-12-35-25/h4,6-9,11-12,15,20-21,24,26H,1-3,5,10,13-14,16-18H2,(H,36,40)(H,37,41)(H,43,44)/t20-,21-,24+,26+,32-/m1/s1. The molecule has 46 heavy (non-hydrogen) atoms. The molecule has 5 atom stereocenters. The van der Waals surface area contributed by atoms with Gasteiger partial charge in [-0.15, -0.1) is 0 Å². The van der Waals surface area contributed by atoms with Gasteiger partial charge in [-0.3, -0.25) is 24.3 Å². The van der Waals surface area contributed by atoms with Crippen molar-refractivity contribution in [1.82, 2.24) is 30.4 Å². The highest BCUT2D eigenvalue weighted by Gasteiger charge is 2.61. The minimum atomic E-state index is -1.50. The molecule has 3 aliphatic heterocycles. The predicted molar refractivity (Wildman–Crippen MR) is 158 cm³/mol. The number of nitrogens with one attached hydrogen (secondary N) is 2. The van der Waals surface area contributed by atoms with Crippen molar-refractivity contribution < 1.29 is 38.2 Å². The van der Waals surface area contributed by atoms with Crippen LogP contribution in [-0.4, -0.2) is 84.9 Å². The third-order valence-corrected chi connectivity index (χ3v) is 9.17. The zero-order chi connectivity index (χ0) is 32.4. The van der Waals surface area contributed by atoms with Crippen LogP contribution < -0.4 is 10.6 Å². The summed E-state index contributed by atoms with van der Waals surface area (Å²) in [5.41, 5.74) is -0.409. The lowest BCUT2D eigenvalue weighted by atomic mass is 10.0. The molecule has 1 aromatic heterocycles. The first-order valence-electron chi connectivity index (χ1n) is 15.5. The van der Waals surface area contributed by atoms with E-state index in [0.717, 1.165) is 12.8 Å². The van der Waals surface area contributed by atoms with Gasteiger partial charge >= 0.3 is 12.1 Å². The minimum absolute atomic E-state index is 0.0186. The zero-order valence-corrected chi connectivity index (χ0v) is 25.1. The average Bonchev–Trinajstić information content (AvgIpc) is 3.35. The summed E-state index contributed by atoms with van der Waals surface area (Å²) in [7, 11) is 0. The summed E-state index contributed by atoms with van der Waals surface area (Å²) >= 11 is 0. The molecule has 14 heteroatoms. The number of amides is 4. The van der Waals surface area contributed by atoms with Crippen molar-refractivity contribution in [2.75, 3.05) is 6.54 Å². The average molecular weight is 635 g/mol. The maximum Gasteiger partial charge on any atom is 0.410 e. The van der Waals surface area contributed by atoms with Crippen LogP contribution in [-0.2, 0) is 32.2 Å². The molecule has 0 spiro atoms. The van der Waals surface area contributed by atoms with Crippen molar-refractivity contribution in [3.8, 4) is 0 Å². The van der Waals surface area contributed by atoms with E-state index in [1.165, 1.54) is 34.5 Å². The molecule has 1 aromatic carbocycles. The van der Waals surface area contributed by atoms with Crippen LogP contribution in [0, 0.1) is 11.7 Å². The first-order chi connectivity index (χ1) is 22.2. The molecule has 3 N–H and O–H groups in total. The number of fused-ring (bicyclic) bond motifs is 3. The summed E-state index contributed by atoms with van der Waals surface area (Å²) in [5, 5.41) is 15.5. The summed E-state index contributed by atoms with van der Waals surface area (Å²) in [4.78, 5) is 76.9. The van der Waals surface area contributed by atoms with Gasteiger partial charge in [-0.05, 0) is 37.3 Å². The maximum atomic E-state index is 14.3. The van der Waals surface area contributed by atoms with Crippen LogP contribution in [0.5, 0.6) is 0 Å². The Morgan fingerprint density at radius 2 is 1.98 bits per heavy atom. The van der Waals surface area contributed by atoms with Gasteiger partial charge in [0.1, 0.15) is 35.2 Å². The fourth-order valence-electron chi connectivity index (χ4n) is 6.52. The van der Waals surface area contributed by atoms with Crippen LogP contribution in [0.1, 0.15) is 66.6 Å². The van der Waals surface area contributed by atoms with E-state index < -0.39 is 65.2 Å². The fourth-order valence-corrected chi connectivity index (χ4v) is 6.52. The molecule has 1 aliphatic carbocycles. The van der Waals surface area contributed by atoms with Gasteiger partial charge in [-0.2, -0.15) is 0 Å². The van der Waals surface area contributed by atoms with Gasteiger partial charge in [0, 0.05) is 36.8 Å². The van der Waals surface area contributed by atoms with Crippen LogP contribution in [0.15, 0.2) is 48.9 Å². The summed E-state index contributed by atoms with van der Waals surface area (Å²) in [6.07, 6.45) is 9.42. The number of hydrogen-bond donors (Lipinski definition) is 3. The Kier molecular flexibility index (Phi) is 8.69. The molecule has 2 aromatic rings. The van der Waals surface area contributed by atoms with Crippen molar-refractivity contribution >= 4 is 29.8 Å². The number of rotatable bonds is 4. The van der Waals surface area contributed by atoms with Crippen molar-refractivity contribution in [2.45, 2.75) is 81.8 Å². The largest absolute Gasteiger partial charge is 0.479 e. The normalized spacial score (nSPS) is 27.8. The molecule has 4 amide bonds. The number of hydrogen-bond acceptors (Lipinski definition) is 8. The monoisotopic (exact) mass is 634 g/mol. The number of halogens is 1. The molecule has 0 bridgehead atoms. The van der Waals surface area contributed by atoms with E-state index in [4.69, 9.17) is 4.74 Å². The Morgan fingerprint density at radius 1 is 1.13 bits per heavy atom. The second-order valence-electron chi connectivity index (χ2n) is 12.2. The molecular formula is C32H35FN6O7. The topological polar surface area (TPSA) is 171 Å². The smallest absolute Gasteiger partial charge is 0.410 e. The Balaban J connectivity index is 1.24. The van der Waals surface area contributed by atoms with E-state index in [0.29, 0.717) is 24.0 Å². The second-order valence-corrected chi connectivity index (χ2v) is 12.2. The van der Waals surface area contributed by atoms with E-state index in [1.54, 1.807) is 12.1 Å². The number of aromatic nitrogens is 2. The summed E-state index contributed by atoms with van der Waals surface area (Å²) in [5.74, 6) is -3.84. The number of nitrogens with zero attached hydrogens (tertiary/aromatic N) is 4. The highest BCUT2D eigenvalue weighted by Crippen LogP contribution is 2.45. The number of benzene rings is 1. The lowest BCUT2D eigenvalue weighted by molar-refractivity contribution is -0.145. The number of ether oxygens (including phenoxy) is 1. The van der Waals surface area contributed by atoms with Gasteiger partial charge in [-0.1, -0.05) is 37.1 Å². The molecule has 4 aliphatic rings. The highest BCUT2D eigenvalue weighted by atomic mass is 19.1. The Labute approximate surface area is 264 Å². The fraction of sp³-hybridized carbons (Fsp3) is 0.469. The van der Waals surface area contributed by atoms with Gasteiger partial charge in [-0.25, -0.2) is 19.0 Å². The Bertz CT molecular complexity index is 1570. The van der Waals surface area contributed by atoms with Crippen LogP contribution in [0.2, 0.25) is 0 Å². The van der Waals surface area contributed by atoms with Gasteiger partial charge in [0.05, 0.1) is 19.3 Å². The van der Waals surface area contributed by atoms with Crippen LogP contribution in [0.3, 0.4) is 0 Å². The molecule has 4 heterocycles. The molecule has 1 saturated heterocycles. The number of carbonyl (C=O) groups is 5. The Hall–Kier alpha value is -4.88. The lowest BCUT2D eigenvalue weighted by Crippen LogP contribution is -2.56. The van der Waals surface area contributed by atoms with Gasteiger partial charge in [0.2, 0.25) is 11.8 Å². The van der Waals surface area contributed by atoms with E-state index in [1.807, 2.05) is 12.2 Å². The second kappa shape index (κ2) is 12.9. The van der Waals surface area contributed by atoms with Crippen molar-refractivity contribution in [1.29, 1.82) is 0 Å². The summed E-state index contributed by atoms with van der Waals surface area (Å²) < 4.78 is 20.1. The number of allylic oxidation sites excluding steroid dienone is 1. The highest BCUT2D eigenvalue weighted by molar-refractivity contribution is 5.98. The molecule has 6 rings (SSSR count). The summed E-state index contributed by atoms with van der Waals surface area (Å²) in [6.45, 7) is 0.0170. The maximum absolute atomic E-state index is 14.3. The number of carbonyl (C=O) groups excluding carboxylic acids is 4. The van der Waals surface area contributed by atoms with Crippen molar-refractivity contribution in [3.63, 3.8) is 0 Å². The third kappa shape index (κ3) is 6.28. The van der Waals surface area contributed by atoms with Crippen molar-refractivity contribution in [2.24, 2.45) is 5.92 Å². The lowest BCUT2D eigenvalue weighted by Gasteiger charge is -2.29. The number of aliphatic carboxylic acids is 1. The zero-order valence-electron chi connectivity index (χ0n) is 25.1. The Morgan fingerprint density at radius 3 is 2.74 bits per heavy atom. The SMILES string of the molecule is O=C(N[C@H]1CCCCCC=C[C@@H]2C[C@@]2(C(=O)O)NC(=O)[C@@H]2C[C@@H](OC(=O)N3Cc4cccc(F)c4C3)CN2C1=O)c1cnccn1. The molecule has 242 valence electrons. The molecule has 1 saturated carbocycles. The van der Waals surface area contributed by atoms with Gasteiger partial charge in [0.25, 0.3) is 5.91 Å². The van der Waals surface area contributed by atoms with Gasteiger partial charge in [0.15, 0.2) is 0 Å². The van der Waals surface area contributed by atoms with Crippen molar-refractivity contribution in [3.05, 3.63) is 71.6 Å². The minimum Gasteiger partial charge on any atom is -0.479 e. The van der Waals surface area contributed by atoms with Gasteiger partial charge < -0.3 is 25.4 Å². The third-order valence-electron chi connectivity index (χ3n) is 9.17. The number of carboxylic acid groups (broad SMARTS) is 1. The first-order valence-corrected chi connectivity index (χ1v) is 15.5. The number of carboxylic acids is 1. The molecule has 2 fully saturated rings. The van der Waals surface area contributed by atoms with Crippen LogP contribution >= 0.6 is 0 Å². The van der Waals surface area contributed by atoms with E-state index >= 15 is 0 Å². The molecule has 0 unspecified atom stereocenters. The molecular weight excluding hydrogens is 599 g/mol. The van der Waals surface area contributed by atoms with E-state index in [-0.39, 0.29) is 44.6 Å².